The van der Waals surface area contributed by atoms with Crippen molar-refractivity contribution >= 4 is 11.1 Å². The van der Waals surface area contributed by atoms with Crippen LogP contribution < -0.4 is 4.74 Å². The van der Waals surface area contributed by atoms with Gasteiger partial charge in [0.15, 0.2) is 0 Å². The first-order valence-corrected chi connectivity index (χ1v) is 7.36. The van der Waals surface area contributed by atoms with Crippen LogP contribution in [0.15, 0.2) is 42.5 Å². The molecule has 0 heterocycles. The predicted molar refractivity (Wildman–Crippen MR) is 86.6 cm³/mol. The van der Waals surface area contributed by atoms with Crippen molar-refractivity contribution in [3.63, 3.8) is 0 Å². The topological polar surface area (TPSA) is 29.5 Å². The van der Waals surface area contributed by atoms with E-state index in [9.17, 15) is 5.11 Å². The van der Waals surface area contributed by atoms with Crippen molar-refractivity contribution in [1.29, 1.82) is 0 Å². The highest BCUT2D eigenvalue weighted by Crippen LogP contribution is 2.48. The molecule has 2 heteroatoms. The summed E-state index contributed by atoms with van der Waals surface area (Å²) in [6.07, 6.45) is 0.990. The molecule has 1 aliphatic carbocycles. The molecule has 0 aliphatic heterocycles. The Hall–Kier alpha value is -2.22. The van der Waals surface area contributed by atoms with Crippen molar-refractivity contribution in [2.75, 3.05) is 7.11 Å². The lowest BCUT2D eigenvalue weighted by molar-refractivity contribution is 0.415. The van der Waals surface area contributed by atoms with Crippen LogP contribution in [-0.4, -0.2) is 12.2 Å². The van der Waals surface area contributed by atoms with E-state index in [-0.39, 0.29) is 0 Å². The molecular weight excluding hydrogens is 260 g/mol. The molecule has 0 bridgehead atoms. The Morgan fingerprint density at radius 3 is 2.43 bits per heavy atom. The Bertz CT molecular complexity index is 696. The first-order valence-electron chi connectivity index (χ1n) is 7.36. The highest BCUT2D eigenvalue weighted by atomic mass is 16.5. The molecule has 2 aromatic rings. The first kappa shape index (κ1) is 13.7. The number of hydrogen-bond acceptors (Lipinski definition) is 2. The molecule has 3 rings (SSSR count). The molecule has 0 saturated heterocycles. The van der Waals surface area contributed by atoms with E-state index < -0.39 is 0 Å². The van der Waals surface area contributed by atoms with Crippen molar-refractivity contribution in [3.8, 4) is 11.5 Å². The van der Waals surface area contributed by atoms with Crippen LogP contribution >= 0.6 is 0 Å². The number of ether oxygens (including phenoxy) is 1. The van der Waals surface area contributed by atoms with Crippen LogP contribution in [0, 0.1) is 0 Å². The van der Waals surface area contributed by atoms with Gasteiger partial charge < -0.3 is 9.84 Å². The molecule has 0 unspecified atom stereocenters. The number of rotatable bonds is 3. The third kappa shape index (κ3) is 2.21. The molecule has 108 valence electrons. The van der Waals surface area contributed by atoms with Gasteiger partial charge in [-0.15, -0.1) is 0 Å². The molecule has 2 nitrogen and oxygen atoms in total. The fourth-order valence-corrected chi connectivity index (χ4v) is 3.32. The van der Waals surface area contributed by atoms with E-state index >= 15 is 0 Å². The summed E-state index contributed by atoms with van der Waals surface area (Å²) in [6.45, 7) is 4.40. The molecule has 0 saturated carbocycles. The van der Waals surface area contributed by atoms with E-state index in [0.29, 0.717) is 11.7 Å². The van der Waals surface area contributed by atoms with Crippen LogP contribution in [0.3, 0.4) is 0 Å². The Morgan fingerprint density at radius 1 is 1.10 bits per heavy atom. The molecule has 0 radical (unpaired) electrons. The Labute approximate surface area is 125 Å². The summed E-state index contributed by atoms with van der Waals surface area (Å²) in [6, 6.07) is 13.9. The maximum Gasteiger partial charge on any atom is 0.118 e. The average molecular weight is 280 g/mol. The smallest absolute Gasteiger partial charge is 0.118 e. The summed E-state index contributed by atoms with van der Waals surface area (Å²) in [5.74, 6) is 1.51. The fourth-order valence-electron chi connectivity index (χ4n) is 3.32. The number of aromatic hydroxyl groups is 1. The monoisotopic (exact) mass is 280 g/mol. The lowest BCUT2D eigenvalue weighted by Crippen LogP contribution is -1.93. The minimum atomic E-state index is 0.301. The number of hydrogen-bond donors (Lipinski definition) is 1. The number of allylic oxidation sites excluding steroid dienone is 2. The number of phenolic OH excluding ortho intramolecular Hbond substituents is 1. The molecule has 2 aromatic carbocycles. The van der Waals surface area contributed by atoms with Gasteiger partial charge in [-0.3, -0.25) is 0 Å². The van der Waals surface area contributed by atoms with E-state index in [2.05, 4.69) is 26.0 Å². The molecule has 1 aliphatic rings. The fraction of sp³-hybridized carbons (Fsp3) is 0.263. The average Bonchev–Trinajstić information content (AvgIpc) is 2.79. The molecule has 0 amide bonds. The number of fused-ring (bicyclic) bond motifs is 1. The zero-order valence-electron chi connectivity index (χ0n) is 12.7. The van der Waals surface area contributed by atoms with Gasteiger partial charge in [0, 0.05) is 5.92 Å². The largest absolute Gasteiger partial charge is 0.508 e. The normalized spacial score (nSPS) is 17.0. The summed E-state index contributed by atoms with van der Waals surface area (Å²) < 4.78 is 5.24. The van der Waals surface area contributed by atoms with Gasteiger partial charge in [-0.2, -0.15) is 0 Å². The van der Waals surface area contributed by atoms with E-state index in [1.807, 2.05) is 24.3 Å². The van der Waals surface area contributed by atoms with Gasteiger partial charge in [-0.05, 0) is 58.5 Å². The third-order valence-corrected chi connectivity index (χ3v) is 4.34. The minimum absolute atomic E-state index is 0.301. The van der Waals surface area contributed by atoms with E-state index in [1.54, 1.807) is 13.2 Å². The van der Waals surface area contributed by atoms with Gasteiger partial charge in [-0.1, -0.05) is 32.0 Å². The highest BCUT2D eigenvalue weighted by molar-refractivity contribution is 5.99. The Morgan fingerprint density at radius 2 is 1.81 bits per heavy atom. The zero-order chi connectivity index (χ0) is 15.0. The van der Waals surface area contributed by atoms with Crippen molar-refractivity contribution in [2.45, 2.75) is 26.2 Å². The van der Waals surface area contributed by atoms with Gasteiger partial charge >= 0.3 is 0 Å². The number of benzene rings is 2. The van der Waals surface area contributed by atoms with E-state index in [4.69, 9.17) is 4.74 Å². The maximum absolute atomic E-state index is 9.76. The summed E-state index contributed by atoms with van der Waals surface area (Å²) in [5.41, 5.74) is 6.46. The van der Waals surface area contributed by atoms with Crippen LogP contribution in [0.5, 0.6) is 11.5 Å². The highest BCUT2D eigenvalue weighted by Gasteiger charge is 2.28. The zero-order valence-corrected chi connectivity index (χ0v) is 12.7. The minimum Gasteiger partial charge on any atom is -0.508 e. The van der Waals surface area contributed by atoms with E-state index in [1.165, 1.54) is 27.8 Å². The predicted octanol–water partition coefficient (Wildman–Crippen LogP) is 4.84. The Kier molecular flexibility index (Phi) is 3.46. The first-order chi connectivity index (χ1) is 10.2. The molecule has 0 spiro atoms. The standard InChI is InChI=1S/C19H20O2/c1-4-16-17-10-7-14(20)11-18(17)12(2)19(16)13-5-8-15(21-3)9-6-13/h5-12,20H,4H2,1-3H3/t12-/m1/s1. The summed E-state index contributed by atoms with van der Waals surface area (Å²) in [5, 5.41) is 9.76. The van der Waals surface area contributed by atoms with Gasteiger partial charge in [0.25, 0.3) is 0 Å². The maximum atomic E-state index is 9.76. The summed E-state index contributed by atoms with van der Waals surface area (Å²) in [4.78, 5) is 0. The number of methoxy groups -OCH3 is 1. The third-order valence-electron chi connectivity index (χ3n) is 4.34. The molecular formula is C19H20O2. The second kappa shape index (κ2) is 5.28. The van der Waals surface area contributed by atoms with Crippen molar-refractivity contribution in [1.82, 2.24) is 0 Å². The Balaban J connectivity index is 2.12. The van der Waals surface area contributed by atoms with Crippen LogP contribution in [0.2, 0.25) is 0 Å². The van der Waals surface area contributed by atoms with Gasteiger partial charge in [0.05, 0.1) is 7.11 Å². The molecule has 21 heavy (non-hydrogen) atoms. The molecule has 0 fully saturated rings. The van der Waals surface area contributed by atoms with Crippen LogP contribution in [0.25, 0.3) is 11.1 Å². The lowest BCUT2D eigenvalue weighted by Gasteiger charge is -2.13. The van der Waals surface area contributed by atoms with Crippen molar-refractivity contribution in [2.24, 2.45) is 0 Å². The van der Waals surface area contributed by atoms with Gasteiger partial charge in [0.1, 0.15) is 11.5 Å². The SMILES string of the molecule is CCC1=C(c2ccc(OC)cc2)[C@H](C)c2cc(O)ccc21. The molecule has 0 aromatic heterocycles. The summed E-state index contributed by atoms with van der Waals surface area (Å²) in [7, 11) is 1.68. The van der Waals surface area contributed by atoms with Crippen LogP contribution in [0.4, 0.5) is 0 Å². The second-order valence-corrected chi connectivity index (χ2v) is 5.47. The quantitative estimate of drug-likeness (QED) is 0.871. The molecule has 1 N–H and O–H groups in total. The van der Waals surface area contributed by atoms with Crippen molar-refractivity contribution < 1.29 is 9.84 Å². The van der Waals surface area contributed by atoms with Crippen LogP contribution in [-0.2, 0) is 0 Å². The van der Waals surface area contributed by atoms with Gasteiger partial charge in [-0.25, -0.2) is 0 Å². The molecule has 1 atom stereocenters. The van der Waals surface area contributed by atoms with E-state index in [0.717, 1.165) is 12.2 Å². The van der Waals surface area contributed by atoms with Crippen molar-refractivity contribution in [3.05, 3.63) is 59.2 Å². The number of phenols is 1. The van der Waals surface area contributed by atoms with Crippen LogP contribution in [0.1, 0.15) is 42.9 Å². The summed E-state index contributed by atoms with van der Waals surface area (Å²) >= 11 is 0. The van der Waals surface area contributed by atoms with Gasteiger partial charge in [0.2, 0.25) is 0 Å². The lowest BCUT2D eigenvalue weighted by atomic mass is 9.92. The second-order valence-electron chi connectivity index (χ2n) is 5.47.